The van der Waals surface area contributed by atoms with Crippen LogP contribution in [0.5, 0.6) is 0 Å². The number of rotatable bonds is 4. The van der Waals surface area contributed by atoms with Crippen LogP contribution >= 0.6 is 0 Å². The van der Waals surface area contributed by atoms with E-state index in [0.717, 1.165) is 27.9 Å². The third-order valence-electron chi connectivity index (χ3n) is 4.80. The summed E-state index contributed by atoms with van der Waals surface area (Å²) in [6.45, 7) is 6.06. The van der Waals surface area contributed by atoms with Gasteiger partial charge in [-0.1, -0.05) is 24.3 Å². The summed E-state index contributed by atoms with van der Waals surface area (Å²) in [5, 5.41) is 4.12. The van der Waals surface area contributed by atoms with E-state index in [1.807, 2.05) is 70.3 Å². The fourth-order valence-corrected chi connectivity index (χ4v) is 2.82. The summed E-state index contributed by atoms with van der Waals surface area (Å²) in [7, 11) is 1.85. The fourth-order valence-electron chi connectivity index (χ4n) is 2.82. The second-order valence-electron chi connectivity index (χ2n) is 6.27. The molecule has 0 spiro atoms. The molecule has 25 heavy (non-hydrogen) atoms. The predicted molar refractivity (Wildman–Crippen MR) is 97.8 cm³/mol. The van der Waals surface area contributed by atoms with Crippen LogP contribution < -0.4 is 0 Å². The van der Waals surface area contributed by atoms with Gasteiger partial charge in [-0.05, 0) is 55.7 Å². The van der Waals surface area contributed by atoms with Gasteiger partial charge in [0.05, 0.1) is 11.7 Å². The molecule has 1 aromatic heterocycles. The number of benzene rings is 2. The first-order valence-electron chi connectivity index (χ1n) is 8.27. The smallest absolute Gasteiger partial charge is 0.254 e. The lowest BCUT2D eigenvalue weighted by atomic mass is 10.0. The van der Waals surface area contributed by atoms with Gasteiger partial charge < -0.3 is 4.90 Å². The van der Waals surface area contributed by atoms with Gasteiger partial charge >= 0.3 is 0 Å². The van der Waals surface area contributed by atoms with Crippen molar-refractivity contribution in [1.29, 1.82) is 0 Å². The van der Waals surface area contributed by atoms with Crippen molar-refractivity contribution in [2.45, 2.75) is 26.8 Å². The molecule has 5 heteroatoms. The van der Waals surface area contributed by atoms with E-state index in [9.17, 15) is 4.79 Å². The summed E-state index contributed by atoms with van der Waals surface area (Å²) in [5.74, 6) is 0.0362. The minimum atomic E-state index is -0.0304. The van der Waals surface area contributed by atoms with Crippen LogP contribution in [0.4, 0.5) is 0 Å². The van der Waals surface area contributed by atoms with Crippen LogP contribution in [0.25, 0.3) is 5.69 Å². The highest BCUT2D eigenvalue weighted by atomic mass is 16.2. The molecule has 0 aliphatic heterocycles. The number of nitrogens with zero attached hydrogens (tertiary/aromatic N) is 4. The molecule has 5 nitrogen and oxygen atoms in total. The molecule has 3 rings (SSSR count). The van der Waals surface area contributed by atoms with Gasteiger partial charge in [-0.2, -0.15) is 5.10 Å². The molecule has 1 amide bonds. The Morgan fingerprint density at radius 2 is 1.84 bits per heavy atom. The molecule has 1 unspecified atom stereocenters. The topological polar surface area (TPSA) is 51.0 Å². The number of carbonyl (C=O) groups is 1. The molecule has 1 heterocycles. The van der Waals surface area contributed by atoms with Crippen LogP contribution in [0.15, 0.2) is 55.1 Å². The Bertz CT molecular complexity index is 869. The number of aromatic nitrogens is 3. The van der Waals surface area contributed by atoms with Gasteiger partial charge in [-0.3, -0.25) is 4.79 Å². The minimum Gasteiger partial charge on any atom is -0.335 e. The minimum absolute atomic E-state index is 0.0304. The molecule has 0 aliphatic carbocycles. The standard InChI is InChI=1S/C20H22N4O/c1-14-6-5-7-19(15(14)2)20(25)23(4)16(3)17-8-10-18(11-9-17)24-13-21-12-22-24/h5-13,16H,1-4H3. The third-order valence-corrected chi connectivity index (χ3v) is 4.80. The molecule has 1 atom stereocenters. The third kappa shape index (κ3) is 3.31. The molecule has 0 aliphatic rings. The van der Waals surface area contributed by atoms with E-state index < -0.39 is 0 Å². The van der Waals surface area contributed by atoms with E-state index in [0.29, 0.717) is 0 Å². The SMILES string of the molecule is Cc1cccc(C(=O)N(C)C(C)c2ccc(-n3cncn3)cc2)c1C. The second-order valence-corrected chi connectivity index (χ2v) is 6.27. The lowest BCUT2D eigenvalue weighted by Gasteiger charge is -2.26. The number of aryl methyl sites for hydroxylation is 1. The summed E-state index contributed by atoms with van der Waals surface area (Å²) in [6.07, 6.45) is 3.17. The van der Waals surface area contributed by atoms with Crippen LogP contribution in [0.3, 0.4) is 0 Å². The Hall–Kier alpha value is -2.95. The van der Waals surface area contributed by atoms with Crippen molar-refractivity contribution in [3.8, 4) is 5.69 Å². The zero-order valence-electron chi connectivity index (χ0n) is 15.0. The Morgan fingerprint density at radius 1 is 1.12 bits per heavy atom. The number of carbonyl (C=O) groups excluding carboxylic acids is 1. The van der Waals surface area contributed by atoms with Crippen LogP contribution in [0.2, 0.25) is 0 Å². The maximum absolute atomic E-state index is 12.9. The number of amides is 1. The summed E-state index contributed by atoms with van der Waals surface area (Å²) >= 11 is 0. The van der Waals surface area contributed by atoms with Crippen molar-refractivity contribution in [3.63, 3.8) is 0 Å². The molecule has 0 saturated heterocycles. The van der Waals surface area contributed by atoms with Gasteiger partial charge in [0.25, 0.3) is 5.91 Å². The van der Waals surface area contributed by atoms with E-state index in [-0.39, 0.29) is 11.9 Å². The Morgan fingerprint density at radius 3 is 2.48 bits per heavy atom. The van der Waals surface area contributed by atoms with Gasteiger partial charge in [-0.25, -0.2) is 9.67 Å². The Kier molecular flexibility index (Phi) is 4.65. The van der Waals surface area contributed by atoms with Crippen molar-refractivity contribution in [2.75, 3.05) is 7.05 Å². The summed E-state index contributed by atoms with van der Waals surface area (Å²) in [5.41, 5.74) is 4.94. The fraction of sp³-hybridized carbons (Fsp3) is 0.250. The maximum atomic E-state index is 12.9. The molecular weight excluding hydrogens is 312 g/mol. The quantitative estimate of drug-likeness (QED) is 0.731. The molecule has 0 bridgehead atoms. The first-order valence-corrected chi connectivity index (χ1v) is 8.27. The van der Waals surface area contributed by atoms with Crippen molar-refractivity contribution in [2.24, 2.45) is 0 Å². The molecule has 0 saturated carbocycles. The molecule has 0 fully saturated rings. The van der Waals surface area contributed by atoms with Crippen LogP contribution in [0.1, 0.15) is 40.0 Å². The molecule has 128 valence electrons. The van der Waals surface area contributed by atoms with Gasteiger partial charge in [-0.15, -0.1) is 0 Å². The molecular formula is C20H22N4O. The lowest BCUT2D eigenvalue weighted by Crippen LogP contribution is -2.30. The normalized spacial score (nSPS) is 12.0. The largest absolute Gasteiger partial charge is 0.335 e. The lowest BCUT2D eigenvalue weighted by molar-refractivity contribution is 0.0742. The van der Waals surface area contributed by atoms with E-state index in [2.05, 4.69) is 10.1 Å². The molecule has 3 aromatic rings. The van der Waals surface area contributed by atoms with Crippen molar-refractivity contribution >= 4 is 5.91 Å². The summed E-state index contributed by atoms with van der Waals surface area (Å²) in [6, 6.07) is 13.8. The van der Waals surface area contributed by atoms with Crippen LogP contribution in [-0.4, -0.2) is 32.6 Å². The zero-order chi connectivity index (χ0) is 18.0. The number of hydrogen-bond acceptors (Lipinski definition) is 3. The summed E-state index contributed by atoms with van der Waals surface area (Å²) < 4.78 is 1.71. The Labute approximate surface area is 147 Å². The molecule has 2 aromatic carbocycles. The van der Waals surface area contributed by atoms with E-state index in [1.165, 1.54) is 6.33 Å². The second kappa shape index (κ2) is 6.89. The van der Waals surface area contributed by atoms with Gasteiger partial charge in [0.15, 0.2) is 0 Å². The van der Waals surface area contributed by atoms with Gasteiger partial charge in [0.2, 0.25) is 0 Å². The molecule has 0 radical (unpaired) electrons. The monoisotopic (exact) mass is 334 g/mol. The van der Waals surface area contributed by atoms with Crippen LogP contribution in [0, 0.1) is 13.8 Å². The van der Waals surface area contributed by atoms with Gasteiger partial charge in [0.1, 0.15) is 12.7 Å². The highest BCUT2D eigenvalue weighted by Gasteiger charge is 2.20. The first kappa shape index (κ1) is 16.9. The predicted octanol–water partition coefficient (Wildman–Crippen LogP) is 3.72. The molecule has 0 N–H and O–H groups in total. The van der Waals surface area contributed by atoms with E-state index in [4.69, 9.17) is 0 Å². The van der Waals surface area contributed by atoms with Crippen LogP contribution in [-0.2, 0) is 0 Å². The maximum Gasteiger partial charge on any atom is 0.254 e. The summed E-state index contributed by atoms with van der Waals surface area (Å²) in [4.78, 5) is 18.6. The highest BCUT2D eigenvalue weighted by Crippen LogP contribution is 2.23. The van der Waals surface area contributed by atoms with Crippen molar-refractivity contribution in [1.82, 2.24) is 19.7 Å². The average molecular weight is 334 g/mol. The Balaban J connectivity index is 1.81. The van der Waals surface area contributed by atoms with Crippen molar-refractivity contribution < 1.29 is 4.79 Å². The average Bonchev–Trinajstić information content (AvgIpc) is 3.17. The van der Waals surface area contributed by atoms with E-state index >= 15 is 0 Å². The van der Waals surface area contributed by atoms with E-state index in [1.54, 1.807) is 15.9 Å². The zero-order valence-corrected chi connectivity index (χ0v) is 15.0. The van der Waals surface area contributed by atoms with Crippen molar-refractivity contribution in [3.05, 3.63) is 77.4 Å². The first-order chi connectivity index (χ1) is 12.0. The van der Waals surface area contributed by atoms with Gasteiger partial charge in [0, 0.05) is 12.6 Å². The number of hydrogen-bond donors (Lipinski definition) is 0. The highest BCUT2D eigenvalue weighted by molar-refractivity contribution is 5.96.